The van der Waals surface area contributed by atoms with Crippen molar-refractivity contribution in [2.24, 2.45) is 5.92 Å². The minimum Gasteiger partial charge on any atom is -0.374 e. The van der Waals surface area contributed by atoms with E-state index in [0.717, 1.165) is 12.5 Å². The normalized spacial score (nSPS) is 33.7. The van der Waals surface area contributed by atoms with E-state index in [-0.39, 0.29) is 5.60 Å². The van der Waals surface area contributed by atoms with Crippen LogP contribution in [0.25, 0.3) is 0 Å². The van der Waals surface area contributed by atoms with E-state index in [0.29, 0.717) is 6.04 Å². The molecule has 17 heavy (non-hydrogen) atoms. The summed E-state index contributed by atoms with van der Waals surface area (Å²) >= 11 is 2.06. The number of nitrogens with one attached hydrogen (secondary N) is 1. The molecule has 2 nitrogen and oxygen atoms in total. The quantitative estimate of drug-likeness (QED) is 0.818. The molecule has 100 valence electrons. The molecule has 0 amide bonds. The molecule has 2 rings (SSSR count). The summed E-state index contributed by atoms with van der Waals surface area (Å²) in [5.74, 6) is 3.36. The maximum absolute atomic E-state index is 6.06. The fraction of sp³-hybridized carbons (Fsp3) is 1.00. The fourth-order valence-corrected chi connectivity index (χ4v) is 4.35. The standard InChI is InChI=1S/C14H27NOS/c1-3-12(4-2)10-15-13-5-7-16-14(9-13)6-8-17-11-14/h12-13,15H,3-11H2,1-2H3/t13-,14-/m1/s1. The summed E-state index contributed by atoms with van der Waals surface area (Å²) in [5, 5.41) is 3.79. The largest absolute Gasteiger partial charge is 0.374 e. The molecule has 2 heterocycles. The number of hydrogen-bond acceptors (Lipinski definition) is 3. The van der Waals surface area contributed by atoms with Crippen LogP contribution in [0.3, 0.4) is 0 Å². The third-order valence-corrected chi connectivity index (χ3v) is 5.63. The van der Waals surface area contributed by atoms with Gasteiger partial charge in [0.1, 0.15) is 0 Å². The van der Waals surface area contributed by atoms with E-state index < -0.39 is 0 Å². The number of rotatable bonds is 5. The molecule has 0 radical (unpaired) electrons. The van der Waals surface area contributed by atoms with Crippen molar-refractivity contribution in [3.05, 3.63) is 0 Å². The minimum atomic E-state index is 0.231. The van der Waals surface area contributed by atoms with Crippen molar-refractivity contribution in [1.82, 2.24) is 5.32 Å². The van der Waals surface area contributed by atoms with Gasteiger partial charge >= 0.3 is 0 Å². The SMILES string of the molecule is CCC(CC)CN[C@@H]1CCO[C@]2(CCSC2)C1. The zero-order valence-corrected chi connectivity index (χ0v) is 12.2. The van der Waals surface area contributed by atoms with Crippen LogP contribution < -0.4 is 5.32 Å². The van der Waals surface area contributed by atoms with Crippen molar-refractivity contribution in [2.45, 2.75) is 57.6 Å². The Morgan fingerprint density at radius 3 is 2.88 bits per heavy atom. The van der Waals surface area contributed by atoms with E-state index in [2.05, 4.69) is 30.9 Å². The fourth-order valence-electron chi connectivity index (χ4n) is 2.98. The molecule has 0 aromatic heterocycles. The van der Waals surface area contributed by atoms with Crippen LogP contribution in [-0.4, -0.2) is 36.3 Å². The zero-order valence-electron chi connectivity index (χ0n) is 11.3. The molecule has 0 aromatic rings. The van der Waals surface area contributed by atoms with E-state index in [1.54, 1.807) is 0 Å². The van der Waals surface area contributed by atoms with Gasteiger partial charge in [0.15, 0.2) is 0 Å². The number of ether oxygens (including phenoxy) is 1. The highest BCUT2D eigenvalue weighted by Crippen LogP contribution is 2.38. The van der Waals surface area contributed by atoms with Gasteiger partial charge < -0.3 is 10.1 Å². The number of thioether (sulfide) groups is 1. The molecular formula is C14H27NOS. The predicted octanol–water partition coefficient (Wildman–Crippen LogP) is 3.07. The lowest BCUT2D eigenvalue weighted by atomic mass is 9.89. The first-order valence-electron chi connectivity index (χ1n) is 7.23. The molecule has 1 N–H and O–H groups in total. The van der Waals surface area contributed by atoms with E-state index in [1.807, 2.05) is 0 Å². The summed E-state index contributed by atoms with van der Waals surface area (Å²) in [5.41, 5.74) is 0.231. The summed E-state index contributed by atoms with van der Waals surface area (Å²) in [6.07, 6.45) is 6.30. The first kappa shape index (κ1) is 13.7. The van der Waals surface area contributed by atoms with Crippen LogP contribution in [-0.2, 0) is 4.74 Å². The van der Waals surface area contributed by atoms with Gasteiger partial charge in [-0.2, -0.15) is 11.8 Å². The highest BCUT2D eigenvalue weighted by molar-refractivity contribution is 7.99. The van der Waals surface area contributed by atoms with E-state index in [9.17, 15) is 0 Å². The van der Waals surface area contributed by atoms with Crippen molar-refractivity contribution < 1.29 is 4.74 Å². The highest BCUT2D eigenvalue weighted by Gasteiger charge is 2.40. The van der Waals surface area contributed by atoms with Gasteiger partial charge in [-0.15, -0.1) is 0 Å². The zero-order chi connectivity index (χ0) is 12.1. The lowest BCUT2D eigenvalue weighted by Crippen LogP contribution is -2.48. The highest BCUT2D eigenvalue weighted by atomic mass is 32.2. The first-order valence-corrected chi connectivity index (χ1v) is 8.38. The number of hydrogen-bond donors (Lipinski definition) is 1. The lowest BCUT2D eigenvalue weighted by Gasteiger charge is -2.38. The summed E-state index contributed by atoms with van der Waals surface area (Å²) in [6, 6.07) is 0.697. The Morgan fingerprint density at radius 2 is 2.24 bits per heavy atom. The third kappa shape index (κ3) is 3.62. The molecule has 0 saturated carbocycles. The third-order valence-electron chi connectivity index (χ3n) is 4.41. The van der Waals surface area contributed by atoms with Crippen molar-refractivity contribution in [3.63, 3.8) is 0 Å². The summed E-state index contributed by atoms with van der Waals surface area (Å²) in [4.78, 5) is 0. The average molecular weight is 257 g/mol. The second-order valence-electron chi connectivity index (χ2n) is 5.61. The Labute approximate surface area is 110 Å². The molecule has 3 heteroatoms. The van der Waals surface area contributed by atoms with Gasteiger partial charge in [-0.3, -0.25) is 0 Å². The second-order valence-corrected chi connectivity index (χ2v) is 6.72. The lowest BCUT2D eigenvalue weighted by molar-refractivity contribution is -0.0704. The van der Waals surface area contributed by atoms with Crippen LogP contribution in [0.1, 0.15) is 46.0 Å². The molecule has 2 saturated heterocycles. The Bertz CT molecular complexity index is 224. The molecule has 0 aliphatic carbocycles. The topological polar surface area (TPSA) is 21.3 Å². The molecule has 0 aromatic carbocycles. The summed E-state index contributed by atoms with van der Waals surface area (Å²) in [6.45, 7) is 6.76. The average Bonchev–Trinajstić information content (AvgIpc) is 2.79. The maximum Gasteiger partial charge on any atom is 0.0795 e. The molecule has 1 spiro atoms. The van der Waals surface area contributed by atoms with Crippen LogP contribution in [0.4, 0.5) is 0 Å². The van der Waals surface area contributed by atoms with Crippen molar-refractivity contribution >= 4 is 11.8 Å². The summed E-state index contributed by atoms with van der Waals surface area (Å²) in [7, 11) is 0. The van der Waals surface area contributed by atoms with Crippen LogP contribution >= 0.6 is 11.8 Å². The van der Waals surface area contributed by atoms with Crippen molar-refractivity contribution in [1.29, 1.82) is 0 Å². The van der Waals surface area contributed by atoms with Gasteiger partial charge in [0.2, 0.25) is 0 Å². The summed E-state index contributed by atoms with van der Waals surface area (Å²) < 4.78 is 6.06. The van der Waals surface area contributed by atoms with Crippen molar-refractivity contribution in [2.75, 3.05) is 24.7 Å². The first-order chi connectivity index (χ1) is 8.28. The predicted molar refractivity (Wildman–Crippen MR) is 75.7 cm³/mol. The Morgan fingerprint density at radius 1 is 1.41 bits per heavy atom. The van der Waals surface area contributed by atoms with Gasteiger partial charge in [-0.25, -0.2) is 0 Å². The molecule has 2 fully saturated rings. The Hall–Kier alpha value is 0.270. The molecule has 2 atom stereocenters. The Kier molecular flexibility index (Phi) is 5.19. The molecule has 2 aliphatic heterocycles. The van der Waals surface area contributed by atoms with Crippen molar-refractivity contribution in [3.8, 4) is 0 Å². The van der Waals surface area contributed by atoms with Crippen LogP contribution in [0, 0.1) is 5.92 Å². The van der Waals surface area contributed by atoms with E-state index in [4.69, 9.17) is 4.74 Å². The second kappa shape index (κ2) is 6.44. The molecular weight excluding hydrogens is 230 g/mol. The van der Waals surface area contributed by atoms with Gasteiger partial charge in [0, 0.05) is 18.4 Å². The molecule has 2 aliphatic rings. The van der Waals surface area contributed by atoms with E-state index >= 15 is 0 Å². The van der Waals surface area contributed by atoms with Gasteiger partial charge in [-0.05, 0) is 37.5 Å². The molecule has 0 unspecified atom stereocenters. The van der Waals surface area contributed by atoms with E-state index in [1.165, 1.54) is 50.2 Å². The molecule has 0 bridgehead atoms. The van der Waals surface area contributed by atoms with Crippen LogP contribution in [0.15, 0.2) is 0 Å². The van der Waals surface area contributed by atoms with Gasteiger partial charge in [-0.1, -0.05) is 26.7 Å². The van der Waals surface area contributed by atoms with Crippen LogP contribution in [0.2, 0.25) is 0 Å². The smallest absolute Gasteiger partial charge is 0.0795 e. The Balaban J connectivity index is 1.77. The maximum atomic E-state index is 6.06. The van der Waals surface area contributed by atoms with Gasteiger partial charge in [0.25, 0.3) is 0 Å². The monoisotopic (exact) mass is 257 g/mol. The minimum absolute atomic E-state index is 0.231. The van der Waals surface area contributed by atoms with Gasteiger partial charge in [0.05, 0.1) is 5.60 Å². The van der Waals surface area contributed by atoms with Crippen LogP contribution in [0.5, 0.6) is 0 Å².